The number of alkyl halides is 3. The number of anilines is 2. The number of amides is 1. The normalized spacial score (nSPS) is 20.6. The number of nitrogens with two attached hydrogens (primary N) is 1. The van der Waals surface area contributed by atoms with E-state index < -0.39 is 23.8 Å². The summed E-state index contributed by atoms with van der Waals surface area (Å²) in [6, 6.07) is 2.79. The molecule has 1 atom stereocenters. The van der Waals surface area contributed by atoms with Crippen LogP contribution in [-0.4, -0.2) is 23.7 Å². The van der Waals surface area contributed by atoms with E-state index in [1.54, 1.807) is 0 Å². The molecular weight excluding hydrogens is 249 g/mol. The molecule has 1 aromatic carbocycles. The SMILES string of the molecule is Nc1ccc(C(F)(F)F)cc1N1CC(O)CC1=O. The maximum Gasteiger partial charge on any atom is 0.416 e. The summed E-state index contributed by atoms with van der Waals surface area (Å²) in [6.45, 7) is -0.0374. The zero-order valence-corrected chi connectivity index (χ0v) is 9.24. The third-order valence-electron chi connectivity index (χ3n) is 2.75. The van der Waals surface area contributed by atoms with Crippen LogP contribution < -0.4 is 10.6 Å². The number of benzene rings is 1. The fraction of sp³-hybridized carbons (Fsp3) is 0.364. The predicted molar refractivity (Wildman–Crippen MR) is 58.8 cm³/mol. The van der Waals surface area contributed by atoms with Crippen molar-refractivity contribution in [2.75, 3.05) is 17.2 Å². The molecule has 7 heteroatoms. The second-order valence-corrected chi connectivity index (χ2v) is 4.13. The summed E-state index contributed by atoms with van der Waals surface area (Å²) in [5.41, 5.74) is 4.77. The van der Waals surface area contributed by atoms with Gasteiger partial charge in [-0.25, -0.2) is 0 Å². The second-order valence-electron chi connectivity index (χ2n) is 4.13. The zero-order chi connectivity index (χ0) is 13.5. The summed E-state index contributed by atoms with van der Waals surface area (Å²) in [7, 11) is 0. The van der Waals surface area contributed by atoms with Crippen molar-refractivity contribution < 1.29 is 23.1 Å². The van der Waals surface area contributed by atoms with Gasteiger partial charge in [0.1, 0.15) is 0 Å². The van der Waals surface area contributed by atoms with Gasteiger partial charge in [-0.05, 0) is 18.2 Å². The fourth-order valence-corrected chi connectivity index (χ4v) is 1.88. The van der Waals surface area contributed by atoms with Gasteiger partial charge in [0.2, 0.25) is 5.91 Å². The van der Waals surface area contributed by atoms with Gasteiger partial charge in [0, 0.05) is 0 Å². The van der Waals surface area contributed by atoms with Gasteiger partial charge in [0.05, 0.1) is 36.0 Å². The number of β-amino-alcohol motifs (C(OH)–C–C–N with tert-alkyl or cyclic N) is 1. The Labute approximate surface area is 101 Å². The summed E-state index contributed by atoms with van der Waals surface area (Å²) in [4.78, 5) is 12.6. The third-order valence-corrected chi connectivity index (χ3v) is 2.75. The zero-order valence-electron chi connectivity index (χ0n) is 9.24. The molecule has 0 aliphatic carbocycles. The Morgan fingerprint density at radius 1 is 1.39 bits per heavy atom. The first-order valence-electron chi connectivity index (χ1n) is 5.24. The number of aliphatic hydroxyl groups is 1. The summed E-state index contributed by atoms with van der Waals surface area (Å²) in [5, 5.41) is 9.33. The number of nitrogen functional groups attached to an aromatic ring is 1. The first-order valence-corrected chi connectivity index (χ1v) is 5.24. The van der Waals surface area contributed by atoms with E-state index >= 15 is 0 Å². The van der Waals surface area contributed by atoms with E-state index in [2.05, 4.69) is 0 Å². The van der Waals surface area contributed by atoms with Crippen molar-refractivity contribution in [2.45, 2.75) is 18.7 Å². The van der Waals surface area contributed by atoms with Crippen molar-refractivity contribution >= 4 is 17.3 Å². The molecular formula is C11H11F3N2O2. The van der Waals surface area contributed by atoms with Crippen molar-refractivity contribution in [3.8, 4) is 0 Å². The number of carbonyl (C=O) groups excluding carboxylic acids is 1. The maximum absolute atomic E-state index is 12.6. The minimum Gasteiger partial charge on any atom is -0.397 e. The molecule has 1 saturated heterocycles. The fourth-order valence-electron chi connectivity index (χ4n) is 1.88. The largest absolute Gasteiger partial charge is 0.416 e. The molecule has 4 nitrogen and oxygen atoms in total. The molecule has 1 aliphatic heterocycles. The molecule has 0 saturated carbocycles. The molecule has 0 radical (unpaired) electrons. The van der Waals surface area contributed by atoms with Crippen LogP contribution >= 0.6 is 0 Å². The molecule has 1 amide bonds. The van der Waals surface area contributed by atoms with Gasteiger partial charge >= 0.3 is 6.18 Å². The van der Waals surface area contributed by atoms with Crippen LogP contribution in [0.25, 0.3) is 0 Å². The minimum atomic E-state index is -4.50. The molecule has 3 N–H and O–H groups in total. The van der Waals surface area contributed by atoms with Crippen molar-refractivity contribution in [1.82, 2.24) is 0 Å². The van der Waals surface area contributed by atoms with E-state index in [9.17, 15) is 23.1 Å². The third kappa shape index (κ3) is 2.26. The molecule has 2 rings (SSSR count). The van der Waals surface area contributed by atoms with E-state index in [4.69, 9.17) is 5.73 Å². The number of halogens is 3. The standard InChI is InChI=1S/C11H11F3N2O2/c12-11(13,14)6-1-2-8(15)9(3-6)16-5-7(17)4-10(16)18/h1-3,7,17H,4-5,15H2. The highest BCUT2D eigenvalue weighted by atomic mass is 19.4. The Balaban J connectivity index is 2.41. The van der Waals surface area contributed by atoms with Crippen LogP contribution in [0.15, 0.2) is 18.2 Å². The lowest BCUT2D eigenvalue weighted by Gasteiger charge is -2.19. The van der Waals surface area contributed by atoms with E-state index in [1.165, 1.54) is 0 Å². The molecule has 1 aliphatic rings. The van der Waals surface area contributed by atoms with E-state index in [1.807, 2.05) is 0 Å². The van der Waals surface area contributed by atoms with E-state index in [0.717, 1.165) is 23.1 Å². The smallest absolute Gasteiger partial charge is 0.397 e. The lowest BCUT2D eigenvalue weighted by atomic mass is 10.1. The molecule has 1 unspecified atom stereocenters. The number of carbonyl (C=O) groups is 1. The van der Waals surface area contributed by atoms with E-state index in [-0.39, 0.29) is 24.3 Å². The average molecular weight is 260 g/mol. The topological polar surface area (TPSA) is 66.6 Å². The van der Waals surface area contributed by atoms with Gasteiger partial charge in [0.25, 0.3) is 0 Å². The van der Waals surface area contributed by atoms with Crippen molar-refractivity contribution in [2.24, 2.45) is 0 Å². The minimum absolute atomic E-state index is 0.00799. The highest BCUT2D eigenvalue weighted by molar-refractivity contribution is 5.98. The second kappa shape index (κ2) is 4.16. The lowest BCUT2D eigenvalue weighted by Crippen LogP contribution is -2.26. The highest BCUT2D eigenvalue weighted by Crippen LogP contribution is 2.35. The molecule has 1 heterocycles. The molecule has 18 heavy (non-hydrogen) atoms. The quantitative estimate of drug-likeness (QED) is 0.750. The van der Waals surface area contributed by atoms with Gasteiger partial charge in [0.15, 0.2) is 0 Å². The first-order chi connectivity index (χ1) is 8.29. The Morgan fingerprint density at radius 3 is 2.56 bits per heavy atom. The monoisotopic (exact) mass is 260 g/mol. The number of aliphatic hydroxyl groups excluding tert-OH is 1. The molecule has 0 aromatic heterocycles. The first kappa shape index (κ1) is 12.7. The Kier molecular flexibility index (Phi) is 2.94. The van der Waals surface area contributed by atoms with Crippen LogP contribution in [0.2, 0.25) is 0 Å². The van der Waals surface area contributed by atoms with Gasteiger partial charge in [-0.1, -0.05) is 0 Å². The number of rotatable bonds is 1. The average Bonchev–Trinajstić information content (AvgIpc) is 2.56. The Hall–Kier alpha value is -1.76. The summed E-state index contributed by atoms with van der Waals surface area (Å²) in [6.07, 6.45) is -5.47. The molecule has 98 valence electrons. The van der Waals surface area contributed by atoms with Crippen molar-refractivity contribution in [3.05, 3.63) is 23.8 Å². The van der Waals surface area contributed by atoms with Crippen molar-refractivity contribution in [1.29, 1.82) is 0 Å². The Bertz CT molecular complexity index is 488. The highest BCUT2D eigenvalue weighted by Gasteiger charge is 2.34. The summed E-state index contributed by atoms with van der Waals surface area (Å²) < 4.78 is 37.7. The molecule has 0 spiro atoms. The van der Waals surface area contributed by atoms with Crippen LogP contribution in [0.5, 0.6) is 0 Å². The van der Waals surface area contributed by atoms with Gasteiger partial charge in [-0.3, -0.25) is 4.79 Å². The maximum atomic E-state index is 12.6. The van der Waals surface area contributed by atoms with E-state index in [0.29, 0.717) is 0 Å². The number of hydrogen-bond acceptors (Lipinski definition) is 3. The van der Waals surface area contributed by atoms with Crippen LogP contribution in [0, 0.1) is 0 Å². The van der Waals surface area contributed by atoms with Crippen LogP contribution in [0.3, 0.4) is 0 Å². The number of hydrogen-bond donors (Lipinski definition) is 2. The van der Waals surface area contributed by atoms with Crippen LogP contribution in [0.4, 0.5) is 24.5 Å². The summed E-state index contributed by atoms with van der Waals surface area (Å²) >= 11 is 0. The lowest BCUT2D eigenvalue weighted by molar-refractivity contribution is -0.137. The van der Waals surface area contributed by atoms with Crippen LogP contribution in [0.1, 0.15) is 12.0 Å². The summed E-state index contributed by atoms with van der Waals surface area (Å²) in [5.74, 6) is -0.437. The molecule has 1 fully saturated rings. The molecule has 0 bridgehead atoms. The Morgan fingerprint density at radius 2 is 2.06 bits per heavy atom. The molecule has 1 aromatic rings. The van der Waals surface area contributed by atoms with Gasteiger partial charge in [-0.2, -0.15) is 13.2 Å². The van der Waals surface area contributed by atoms with Crippen molar-refractivity contribution in [3.63, 3.8) is 0 Å². The number of nitrogens with zero attached hydrogens (tertiary/aromatic N) is 1. The predicted octanol–water partition coefficient (Wildman–Crippen LogP) is 1.39. The van der Waals surface area contributed by atoms with Gasteiger partial charge < -0.3 is 15.7 Å². The van der Waals surface area contributed by atoms with Gasteiger partial charge in [-0.15, -0.1) is 0 Å². The van der Waals surface area contributed by atoms with Crippen LogP contribution in [-0.2, 0) is 11.0 Å².